The van der Waals surface area contributed by atoms with Crippen molar-refractivity contribution in [3.63, 3.8) is 0 Å². The van der Waals surface area contributed by atoms with Crippen LogP contribution in [0, 0.1) is 3.57 Å². The summed E-state index contributed by atoms with van der Waals surface area (Å²) in [7, 11) is 3.37. The summed E-state index contributed by atoms with van der Waals surface area (Å²) in [5.41, 5.74) is 2.14. The van der Waals surface area contributed by atoms with E-state index in [9.17, 15) is 0 Å². The van der Waals surface area contributed by atoms with Gasteiger partial charge in [-0.05, 0) is 90.6 Å². The second-order valence-electron chi connectivity index (χ2n) is 5.60. The molecule has 0 saturated heterocycles. The Morgan fingerprint density at radius 2 is 1.96 bits per heavy atom. The van der Waals surface area contributed by atoms with Crippen LogP contribution in [0.25, 0.3) is 0 Å². The first-order valence-corrected chi connectivity index (χ1v) is 9.19. The number of hydrogen-bond acceptors (Lipinski definition) is 3. The summed E-state index contributed by atoms with van der Waals surface area (Å²) >= 11 is 2.32. The molecule has 0 bridgehead atoms. The zero-order valence-corrected chi connectivity index (χ0v) is 17.1. The van der Waals surface area contributed by atoms with Crippen LogP contribution in [0.4, 0.5) is 5.69 Å². The predicted molar refractivity (Wildman–Crippen MR) is 113 cm³/mol. The highest BCUT2D eigenvalue weighted by atomic mass is 127. The number of nitrogens with zero attached hydrogens (tertiary/aromatic N) is 1. The van der Waals surface area contributed by atoms with Gasteiger partial charge in [0.1, 0.15) is 5.76 Å². The first-order chi connectivity index (χ1) is 12.1. The summed E-state index contributed by atoms with van der Waals surface area (Å²) in [4.78, 5) is 2.28. The number of benzene rings is 1. The third-order valence-electron chi connectivity index (χ3n) is 4.01. The van der Waals surface area contributed by atoms with Crippen molar-refractivity contribution in [1.29, 1.82) is 0 Å². The summed E-state index contributed by atoms with van der Waals surface area (Å²) in [5.74, 6) is 1.75. The van der Waals surface area contributed by atoms with Gasteiger partial charge in [-0.15, -0.1) is 0 Å². The Morgan fingerprint density at radius 1 is 1.24 bits per heavy atom. The number of methoxy groups -OCH3 is 2. The van der Waals surface area contributed by atoms with E-state index < -0.39 is 0 Å². The number of halogens is 1. The molecule has 0 amide bonds. The summed E-state index contributed by atoms with van der Waals surface area (Å²) in [6, 6.07) is 8.69. The third-order valence-corrected chi connectivity index (χ3v) is 4.73. The quantitative estimate of drug-likeness (QED) is 0.308. The second kappa shape index (κ2) is 9.51. The third kappa shape index (κ3) is 5.26. The highest BCUT2D eigenvalue weighted by molar-refractivity contribution is 14.1. The van der Waals surface area contributed by atoms with E-state index in [4.69, 9.17) is 9.47 Å². The minimum atomic E-state index is 0.194. The van der Waals surface area contributed by atoms with Gasteiger partial charge < -0.3 is 14.4 Å². The number of ether oxygens (including phenoxy) is 2. The van der Waals surface area contributed by atoms with Crippen molar-refractivity contribution in [2.24, 2.45) is 0 Å². The van der Waals surface area contributed by atoms with Crippen molar-refractivity contribution in [2.75, 3.05) is 19.1 Å². The van der Waals surface area contributed by atoms with Gasteiger partial charge in [-0.1, -0.05) is 12.7 Å². The molecule has 0 fully saturated rings. The molecule has 0 aromatic heterocycles. The molecule has 132 valence electrons. The molecule has 3 nitrogen and oxygen atoms in total. The molecule has 0 radical (unpaired) electrons. The lowest BCUT2D eigenvalue weighted by atomic mass is 10.0. The van der Waals surface area contributed by atoms with E-state index in [2.05, 4.69) is 70.5 Å². The fourth-order valence-electron chi connectivity index (χ4n) is 2.58. The van der Waals surface area contributed by atoms with E-state index in [1.54, 1.807) is 14.2 Å². The van der Waals surface area contributed by atoms with Gasteiger partial charge in [0.25, 0.3) is 0 Å². The fraction of sp³-hybridized carbons (Fsp3) is 0.238. The summed E-state index contributed by atoms with van der Waals surface area (Å²) in [6.07, 6.45) is 13.0. The Morgan fingerprint density at radius 3 is 2.48 bits per heavy atom. The summed E-state index contributed by atoms with van der Waals surface area (Å²) < 4.78 is 11.8. The van der Waals surface area contributed by atoms with Gasteiger partial charge in [0, 0.05) is 15.0 Å². The number of rotatable bonds is 7. The summed E-state index contributed by atoms with van der Waals surface area (Å²) in [5, 5.41) is 0. The Kier molecular flexibility index (Phi) is 7.37. The maximum atomic E-state index is 5.31. The molecule has 1 aromatic carbocycles. The number of anilines is 1. The molecule has 1 aliphatic carbocycles. The van der Waals surface area contributed by atoms with Gasteiger partial charge in [-0.2, -0.15) is 0 Å². The molecule has 2 rings (SSSR count). The van der Waals surface area contributed by atoms with Crippen molar-refractivity contribution < 1.29 is 9.47 Å². The van der Waals surface area contributed by atoms with E-state index in [-0.39, 0.29) is 6.04 Å². The molecular formula is C21H24INO2. The van der Waals surface area contributed by atoms with Crippen LogP contribution in [0.1, 0.15) is 13.3 Å². The van der Waals surface area contributed by atoms with Gasteiger partial charge >= 0.3 is 0 Å². The van der Waals surface area contributed by atoms with Crippen LogP contribution in [-0.2, 0) is 9.47 Å². The van der Waals surface area contributed by atoms with Crippen molar-refractivity contribution >= 4 is 28.3 Å². The first kappa shape index (κ1) is 19.4. The average molecular weight is 449 g/mol. The van der Waals surface area contributed by atoms with Crippen LogP contribution in [-0.4, -0.2) is 20.3 Å². The van der Waals surface area contributed by atoms with Gasteiger partial charge in [0.15, 0.2) is 0 Å². The van der Waals surface area contributed by atoms with Crippen LogP contribution >= 0.6 is 22.6 Å². The summed E-state index contributed by atoms with van der Waals surface area (Å²) in [6.45, 7) is 5.94. The zero-order valence-electron chi connectivity index (χ0n) is 14.9. The Balaban J connectivity index is 2.41. The van der Waals surface area contributed by atoms with Gasteiger partial charge in [-0.3, -0.25) is 0 Å². The lowest BCUT2D eigenvalue weighted by molar-refractivity contribution is 0.294. The molecule has 1 atom stereocenters. The van der Waals surface area contributed by atoms with Gasteiger partial charge in [0.2, 0.25) is 0 Å². The Bertz CT molecular complexity index is 714. The SMILES string of the molecule is C=C/C(=C\C=C(/C)OC)N(c1ccc(I)cc1)[C@@H]1C=CC(OC)=CC1. The average Bonchev–Trinajstić information content (AvgIpc) is 2.66. The number of hydrogen-bond donors (Lipinski definition) is 0. The zero-order chi connectivity index (χ0) is 18.2. The lowest BCUT2D eigenvalue weighted by Gasteiger charge is -2.33. The van der Waals surface area contributed by atoms with Crippen LogP contribution < -0.4 is 4.90 Å². The Labute approximate surface area is 164 Å². The molecule has 0 heterocycles. The topological polar surface area (TPSA) is 21.7 Å². The van der Waals surface area contributed by atoms with E-state index in [1.165, 1.54) is 3.57 Å². The normalized spacial score (nSPS) is 17.8. The maximum absolute atomic E-state index is 5.31. The lowest BCUT2D eigenvalue weighted by Crippen LogP contribution is -2.33. The molecule has 25 heavy (non-hydrogen) atoms. The standard InChI is InChI=1S/C21H24INO2/c1-5-18(9-6-16(2)24-3)23(19-10-7-17(22)8-11-19)20-12-14-21(25-4)15-13-20/h5-12,14-15,20H,1,13H2,2-4H3/b16-6+,18-9+/t20-/m1/s1. The molecule has 0 aliphatic heterocycles. The van der Waals surface area contributed by atoms with Crippen LogP contribution in [0.2, 0.25) is 0 Å². The molecule has 0 N–H and O–H groups in total. The van der Waals surface area contributed by atoms with Gasteiger partial charge in [0.05, 0.1) is 26.0 Å². The van der Waals surface area contributed by atoms with Crippen LogP contribution in [0.5, 0.6) is 0 Å². The van der Waals surface area contributed by atoms with Crippen molar-refractivity contribution in [2.45, 2.75) is 19.4 Å². The second-order valence-corrected chi connectivity index (χ2v) is 6.84. The van der Waals surface area contributed by atoms with E-state index in [0.29, 0.717) is 0 Å². The van der Waals surface area contributed by atoms with Crippen LogP contribution in [0.3, 0.4) is 0 Å². The smallest absolute Gasteiger partial charge is 0.114 e. The Hall–Kier alpha value is -1.95. The molecule has 0 spiro atoms. The van der Waals surface area contributed by atoms with E-state index >= 15 is 0 Å². The van der Waals surface area contributed by atoms with E-state index in [0.717, 1.165) is 29.3 Å². The number of allylic oxidation sites excluding steroid dienone is 5. The molecule has 0 unspecified atom stereocenters. The maximum Gasteiger partial charge on any atom is 0.114 e. The first-order valence-electron chi connectivity index (χ1n) is 8.11. The predicted octanol–water partition coefficient (Wildman–Crippen LogP) is 5.58. The molecular weight excluding hydrogens is 425 g/mol. The minimum Gasteiger partial charge on any atom is -0.501 e. The van der Waals surface area contributed by atoms with Crippen molar-refractivity contribution in [1.82, 2.24) is 0 Å². The van der Waals surface area contributed by atoms with Crippen molar-refractivity contribution in [3.05, 3.63) is 88.1 Å². The molecule has 1 aromatic rings. The van der Waals surface area contributed by atoms with Crippen LogP contribution in [0.15, 0.2) is 84.5 Å². The van der Waals surface area contributed by atoms with Gasteiger partial charge in [-0.25, -0.2) is 0 Å². The van der Waals surface area contributed by atoms with E-state index in [1.807, 2.05) is 31.2 Å². The molecule has 0 saturated carbocycles. The largest absolute Gasteiger partial charge is 0.501 e. The monoisotopic (exact) mass is 449 g/mol. The fourth-order valence-corrected chi connectivity index (χ4v) is 2.94. The molecule has 4 heteroatoms. The highest BCUT2D eigenvalue weighted by Gasteiger charge is 2.20. The highest BCUT2D eigenvalue weighted by Crippen LogP contribution is 2.28. The van der Waals surface area contributed by atoms with Crippen molar-refractivity contribution in [3.8, 4) is 0 Å². The molecule has 1 aliphatic rings. The minimum absolute atomic E-state index is 0.194.